The average Bonchev–Trinajstić information content (AvgIpc) is 2.27. The summed E-state index contributed by atoms with van der Waals surface area (Å²) >= 11 is 1.60. The van der Waals surface area contributed by atoms with Crippen molar-refractivity contribution in [2.24, 2.45) is 0 Å². The van der Waals surface area contributed by atoms with Crippen molar-refractivity contribution in [3.63, 3.8) is 0 Å². The van der Waals surface area contributed by atoms with E-state index in [1.54, 1.807) is 11.8 Å². The number of ether oxygens (including phenoxy) is 1. The SMILES string of the molecule is CCCCCCCCC(SC)C(=O)OC. The highest BCUT2D eigenvalue weighted by molar-refractivity contribution is 7.99. The normalized spacial score (nSPS) is 12.5. The van der Waals surface area contributed by atoms with Crippen LogP contribution in [0.5, 0.6) is 0 Å². The maximum absolute atomic E-state index is 11.3. The fourth-order valence-electron chi connectivity index (χ4n) is 1.57. The number of unbranched alkanes of at least 4 members (excludes halogenated alkanes) is 5. The van der Waals surface area contributed by atoms with E-state index >= 15 is 0 Å². The van der Waals surface area contributed by atoms with Crippen LogP contribution in [-0.2, 0) is 9.53 Å². The summed E-state index contributed by atoms with van der Waals surface area (Å²) in [5.41, 5.74) is 0. The van der Waals surface area contributed by atoms with E-state index in [9.17, 15) is 4.79 Å². The van der Waals surface area contributed by atoms with Crippen LogP contribution in [0.1, 0.15) is 51.9 Å². The van der Waals surface area contributed by atoms with E-state index in [1.807, 2.05) is 6.26 Å². The number of thioether (sulfide) groups is 1. The number of carbonyl (C=O) groups is 1. The first-order valence-electron chi connectivity index (χ1n) is 5.86. The van der Waals surface area contributed by atoms with E-state index in [1.165, 1.54) is 39.2 Å². The lowest BCUT2D eigenvalue weighted by molar-refractivity contribution is -0.140. The Labute approximate surface area is 98.2 Å². The molecule has 2 nitrogen and oxygen atoms in total. The maximum atomic E-state index is 11.3. The van der Waals surface area contributed by atoms with E-state index in [2.05, 4.69) is 6.92 Å². The largest absolute Gasteiger partial charge is 0.468 e. The molecule has 0 aliphatic heterocycles. The first kappa shape index (κ1) is 14.8. The zero-order valence-corrected chi connectivity index (χ0v) is 11.1. The van der Waals surface area contributed by atoms with Crippen molar-refractivity contribution in [1.29, 1.82) is 0 Å². The molecule has 0 bridgehead atoms. The van der Waals surface area contributed by atoms with Gasteiger partial charge in [-0.05, 0) is 12.7 Å². The Morgan fingerprint density at radius 2 is 1.80 bits per heavy atom. The third-order valence-corrected chi connectivity index (χ3v) is 3.57. The van der Waals surface area contributed by atoms with Crippen LogP contribution in [0.15, 0.2) is 0 Å². The zero-order valence-electron chi connectivity index (χ0n) is 10.3. The van der Waals surface area contributed by atoms with Crippen molar-refractivity contribution in [1.82, 2.24) is 0 Å². The van der Waals surface area contributed by atoms with Gasteiger partial charge < -0.3 is 4.74 Å². The first-order chi connectivity index (χ1) is 7.26. The number of carbonyl (C=O) groups excluding carboxylic acids is 1. The van der Waals surface area contributed by atoms with E-state index < -0.39 is 0 Å². The summed E-state index contributed by atoms with van der Waals surface area (Å²) in [6.45, 7) is 2.22. The zero-order chi connectivity index (χ0) is 11.5. The lowest BCUT2D eigenvalue weighted by Gasteiger charge is -2.11. The molecule has 1 unspecified atom stereocenters. The van der Waals surface area contributed by atoms with E-state index in [4.69, 9.17) is 4.74 Å². The Kier molecular flexibility index (Phi) is 10.2. The van der Waals surface area contributed by atoms with Crippen molar-refractivity contribution in [3.05, 3.63) is 0 Å². The van der Waals surface area contributed by atoms with Gasteiger partial charge in [-0.1, -0.05) is 45.4 Å². The number of esters is 1. The van der Waals surface area contributed by atoms with Crippen LogP contribution >= 0.6 is 11.8 Å². The van der Waals surface area contributed by atoms with Gasteiger partial charge in [0, 0.05) is 0 Å². The predicted molar refractivity (Wildman–Crippen MR) is 67.3 cm³/mol. The number of rotatable bonds is 9. The van der Waals surface area contributed by atoms with Crippen LogP contribution in [0.25, 0.3) is 0 Å². The molecular formula is C12H24O2S. The van der Waals surface area contributed by atoms with Crippen LogP contribution < -0.4 is 0 Å². The van der Waals surface area contributed by atoms with Crippen molar-refractivity contribution < 1.29 is 9.53 Å². The van der Waals surface area contributed by atoms with Gasteiger partial charge in [0.15, 0.2) is 0 Å². The second-order valence-electron chi connectivity index (χ2n) is 3.80. The summed E-state index contributed by atoms with van der Waals surface area (Å²) < 4.78 is 4.74. The molecule has 0 heterocycles. The topological polar surface area (TPSA) is 26.3 Å². The van der Waals surface area contributed by atoms with Gasteiger partial charge in [0.1, 0.15) is 5.25 Å². The summed E-state index contributed by atoms with van der Waals surface area (Å²) in [4.78, 5) is 11.3. The standard InChI is InChI=1S/C12H24O2S/c1-4-5-6-7-8-9-10-11(15-3)12(13)14-2/h11H,4-10H2,1-3H3. The van der Waals surface area contributed by atoms with Crippen molar-refractivity contribution in [3.8, 4) is 0 Å². The minimum atomic E-state index is -0.0731. The van der Waals surface area contributed by atoms with Gasteiger partial charge >= 0.3 is 5.97 Å². The number of methoxy groups -OCH3 is 1. The molecule has 0 aromatic rings. The summed E-state index contributed by atoms with van der Waals surface area (Å²) in [5.74, 6) is -0.0731. The maximum Gasteiger partial charge on any atom is 0.318 e. The van der Waals surface area contributed by atoms with E-state index in [0.29, 0.717) is 0 Å². The molecule has 0 radical (unpaired) electrons. The molecule has 0 N–H and O–H groups in total. The monoisotopic (exact) mass is 232 g/mol. The van der Waals surface area contributed by atoms with Gasteiger partial charge in [-0.25, -0.2) is 0 Å². The molecule has 0 rings (SSSR count). The summed E-state index contributed by atoms with van der Waals surface area (Å²) in [5, 5.41) is 0.0428. The fraction of sp³-hybridized carbons (Fsp3) is 0.917. The van der Waals surface area contributed by atoms with Crippen molar-refractivity contribution in [2.75, 3.05) is 13.4 Å². The van der Waals surface area contributed by atoms with Crippen LogP contribution in [0.4, 0.5) is 0 Å². The fourth-order valence-corrected chi connectivity index (χ4v) is 2.26. The highest BCUT2D eigenvalue weighted by Gasteiger charge is 2.16. The summed E-state index contributed by atoms with van der Waals surface area (Å²) in [7, 11) is 1.47. The Balaban J connectivity index is 3.42. The molecule has 0 saturated carbocycles. The molecule has 0 aromatic carbocycles. The van der Waals surface area contributed by atoms with Crippen LogP contribution in [0, 0.1) is 0 Å². The quantitative estimate of drug-likeness (QED) is 0.448. The number of hydrogen-bond acceptors (Lipinski definition) is 3. The molecule has 90 valence electrons. The molecule has 0 fully saturated rings. The van der Waals surface area contributed by atoms with E-state index in [-0.39, 0.29) is 11.2 Å². The molecule has 0 aliphatic rings. The van der Waals surface area contributed by atoms with Crippen LogP contribution in [0.2, 0.25) is 0 Å². The minimum Gasteiger partial charge on any atom is -0.468 e. The molecule has 0 aromatic heterocycles. The van der Waals surface area contributed by atoms with Gasteiger partial charge in [-0.15, -0.1) is 0 Å². The van der Waals surface area contributed by atoms with Crippen molar-refractivity contribution >= 4 is 17.7 Å². The number of hydrogen-bond donors (Lipinski definition) is 0. The third kappa shape index (κ3) is 7.71. The lowest BCUT2D eigenvalue weighted by Crippen LogP contribution is -2.18. The van der Waals surface area contributed by atoms with Crippen LogP contribution in [0.3, 0.4) is 0 Å². The molecule has 0 spiro atoms. The Morgan fingerprint density at radius 3 is 2.33 bits per heavy atom. The van der Waals surface area contributed by atoms with Crippen molar-refractivity contribution in [2.45, 2.75) is 57.1 Å². The molecule has 3 heteroatoms. The molecule has 1 atom stereocenters. The Morgan fingerprint density at radius 1 is 1.20 bits per heavy atom. The first-order valence-corrected chi connectivity index (χ1v) is 7.15. The summed E-state index contributed by atoms with van der Waals surface area (Å²) in [6.07, 6.45) is 10.6. The van der Waals surface area contributed by atoms with E-state index in [0.717, 1.165) is 12.8 Å². The van der Waals surface area contributed by atoms with Gasteiger partial charge in [0.25, 0.3) is 0 Å². The van der Waals surface area contributed by atoms with Gasteiger partial charge in [0.2, 0.25) is 0 Å². The molecule has 0 saturated heterocycles. The van der Waals surface area contributed by atoms with Crippen LogP contribution in [-0.4, -0.2) is 24.6 Å². The second-order valence-corrected chi connectivity index (χ2v) is 4.84. The molecule has 0 aliphatic carbocycles. The Hall–Kier alpha value is -0.180. The highest BCUT2D eigenvalue weighted by atomic mass is 32.2. The third-order valence-electron chi connectivity index (χ3n) is 2.57. The van der Waals surface area contributed by atoms with Gasteiger partial charge in [-0.2, -0.15) is 11.8 Å². The smallest absolute Gasteiger partial charge is 0.318 e. The molecular weight excluding hydrogens is 208 g/mol. The minimum absolute atomic E-state index is 0.0428. The highest BCUT2D eigenvalue weighted by Crippen LogP contribution is 2.17. The lowest BCUT2D eigenvalue weighted by atomic mass is 10.1. The molecule has 0 amide bonds. The summed E-state index contributed by atoms with van der Waals surface area (Å²) in [6, 6.07) is 0. The predicted octanol–water partition coefficient (Wildman–Crippen LogP) is 3.64. The Bertz CT molecular complexity index is 160. The molecule has 15 heavy (non-hydrogen) atoms. The van der Waals surface area contributed by atoms with Gasteiger partial charge in [-0.3, -0.25) is 4.79 Å². The average molecular weight is 232 g/mol. The van der Waals surface area contributed by atoms with Gasteiger partial charge in [0.05, 0.1) is 7.11 Å². The second kappa shape index (κ2) is 10.3.